The van der Waals surface area contributed by atoms with E-state index in [0.29, 0.717) is 37.1 Å². The van der Waals surface area contributed by atoms with Gasteiger partial charge in [0.05, 0.1) is 12.4 Å². The SMILES string of the molecule is NCCCCC(NC(=O)C(N)Cc1cnc[nH]1)C(=O)NC(CCCN=C(N)N)C(=O)NC(Cc1ccccc1)C(=O)O. The van der Waals surface area contributed by atoms with Gasteiger partial charge in [0.2, 0.25) is 17.7 Å². The van der Waals surface area contributed by atoms with Crippen LogP contribution in [0.15, 0.2) is 47.8 Å². The molecule has 0 aliphatic rings. The number of aliphatic carboxylic acids is 1. The van der Waals surface area contributed by atoms with E-state index < -0.39 is 47.9 Å². The molecule has 1 aromatic heterocycles. The summed E-state index contributed by atoms with van der Waals surface area (Å²) in [7, 11) is 0. The lowest BCUT2D eigenvalue weighted by atomic mass is 10.0. The molecule has 230 valence electrons. The average molecular weight is 587 g/mol. The molecule has 4 atom stereocenters. The third-order valence-corrected chi connectivity index (χ3v) is 6.39. The number of H-pyrrole nitrogens is 1. The van der Waals surface area contributed by atoms with Crippen LogP contribution in [0.3, 0.4) is 0 Å². The van der Waals surface area contributed by atoms with E-state index in [9.17, 15) is 24.3 Å². The molecule has 2 aromatic rings. The molecule has 3 amide bonds. The summed E-state index contributed by atoms with van der Waals surface area (Å²) in [6.07, 6.45) is 5.05. The molecule has 0 bridgehead atoms. The zero-order chi connectivity index (χ0) is 30.9. The second kappa shape index (κ2) is 18.0. The highest BCUT2D eigenvalue weighted by Crippen LogP contribution is 2.08. The lowest BCUT2D eigenvalue weighted by Crippen LogP contribution is -2.57. The molecular weight excluding hydrogens is 544 g/mol. The predicted molar refractivity (Wildman–Crippen MR) is 157 cm³/mol. The van der Waals surface area contributed by atoms with E-state index in [1.54, 1.807) is 36.5 Å². The number of aliphatic imine (C=N–C) groups is 1. The molecule has 0 saturated heterocycles. The summed E-state index contributed by atoms with van der Waals surface area (Å²) < 4.78 is 0. The number of imidazole rings is 1. The molecule has 0 fully saturated rings. The van der Waals surface area contributed by atoms with Crippen LogP contribution in [0, 0.1) is 0 Å². The molecule has 0 spiro atoms. The van der Waals surface area contributed by atoms with Crippen molar-refractivity contribution in [3.8, 4) is 0 Å². The summed E-state index contributed by atoms with van der Waals surface area (Å²) in [5.41, 5.74) is 23.8. The fourth-order valence-corrected chi connectivity index (χ4v) is 4.13. The van der Waals surface area contributed by atoms with E-state index in [1.165, 1.54) is 6.33 Å². The number of aromatic amines is 1. The number of carbonyl (C=O) groups excluding carboxylic acids is 3. The number of hydrogen-bond donors (Lipinski definition) is 9. The van der Waals surface area contributed by atoms with Crippen molar-refractivity contribution in [1.29, 1.82) is 0 Å². The van der Waals surface area contributed by atoms with Gasteiger partial charge in [-0.15, -0.1) is 0 Å². The quantitative estimate of drug-likeness (QED) is 0.0508. The Morgan fingerprint density at radius 1 is 0.881 bits per heavy atom. The Labute approximate surface area is 244 Å². The Morgan fingerprint density at radius 3 is 2.07 bits per heavy atom. The highest BCUT2D eigenvalue weighted by molar-refractivity contribution is 5.94. The van der Waals surface area contributed by atoms with Crippen molar-refractivity contribution < 1.29 is 24.3 Å². The van der Waals surface area contributed by atoms with Crippen molar-refractivity contribution in [2.75, 3.05) is 13.1 Å². The highest BCUT2D eigenvalue weighted by atomic mass is 16.4. The van der Waals surface area contributed by atoms with Crippen molar-refractivity contribution in [3.05, 3.63) is 54.1 Å². The molecule has 15 nitrogen and oxygen atoms in total. The molecule has 1 aromatic carbocycles. The van der Waals surface area contributed by atoms with Gasteiger partial charge in [-0.25, -0.2) is 9.78 Å². The van der Waals surface area contributed by atoms with Crippen molar-refractivity contribution >= 4 is 29.7 Å². The van der Waals surface area contributed by atoms with Gasteiger partial charge in [0.1, 0.15) is 18.1 Å². The zero-order valence-corrected chi connectivity index (χ0v) is 23.5. The summed E-state index contributed by atoms with van der Waals surface area (Å²) in [5, 5.41) is 17.6. The van der Waals surface area contributed by atoms with Crippen LogP contribution in [0.25, 0.3) is 0 Å². The molecule has 0 aliphatic heterocycles. The van der Waals surface area contributed by atoms with Crippen LogP contribution >= 0.6 is 0 Å². The largest absolute Gasteiger partial charge is 0.480 e. The number of carboxylic acids is 1. The standard InChI is InChI=1S/C27H42N10O5/c28-11-5-4-9-20(35-23(38)19(29)14-18-15-32-16-34-18)24(39)36-21(10-6-12-33-27(30)31)25(40)37-22(26(41)42)13-17-7-2-1-3-8-17/h1-3,7-8,15-16,19-22H,4-6,9-14,28-29H2,(H,32,34)(H,35,38)(H,36,39)(H,37,40)(H,41,42)(H4,30,31,33). The Hall–Kier alpha value is -4.50. The van der Waals surface area contributed by atoms with Crippen molar-refractivity contribution in [2.45, 2.75) is 69.1 Å². The van der Waals surface area contributed by atoms with Crippen LogP contribution in [0.2, 0.25) is 0 Å². The van der Waals surface area contributed by atoms with Gasteiger partial charge in [-0.1, -0.05) is 30.3 Å². The first-order chi connectivity index (χ1) is 20.1. The maximum atomic E-state index is 13.4. The zero-order valence-electron chi connectivity index (χ0n) is 23.5. The molecule has 15 heteroatoms. The monoisotopic (exact) mass is 586 g/mol. The van der Waals surface area contributed by atoms with E-state index in [4.69, 9.17) is 22.9 Å². The van der Waals surface area contributed by atoms with Gasteiger partial charge >= 0.3 is 5.97 Å². The molecule has 42 heavy (non-hydrogen) atoms. The third-order valence-electron chi connectivity index (χ3n) is 6.39. The molecule has 4 unspecified atom stereocenters. The van der Waals surface area contributed by atoms with Crippen molar-refractivity contribution in [2.24, 2.45) is 27.9 Å². The number of rotatable bonds is 19. The smallest absolute Gasteiger partial charge is 0.326 e. The number of nitrogens with zero attached hydrogens (tertiary/aromatic N) is 2. The predicted octanol–water partition coefficient (Wildman–Crippen LogP) is -1.76. The molecular formula is C27H42N10O5. The molecule has 2 rings (SSSR count). The van der Waals surface area contributed by atoms with E-state index >= 15 is 0 Å². The van der Waals surface area contributed by atoms with Crippen LogP contribution in [0.4, 0.5) is 0 Å². The number of carbonyl (C=O) groups is 4. The van der Waals surface area contributed by atoms with Gasteiger partial charge in [-0.05, 0) is 44.2 Å². The maximum Gasteiger partial charge on any atom is 0.326 e. The first-order valence-corrected chi connectivity index (χ1v) is 13.8. The number of carboxylic acid groups (broad SMARTS) is 1. The maximum absolute atomic E-state index is 13.4. The minimum Gasteiger partial charge on any atom is -0.480 e. The van der Waals surface area contributed by atoms with Crippen LogP contribution in [-0.4, -0.2) is 82.0 Å². The fourth-order valence-electron chi connectivity index (χ4n) is 4.13. The summed E-state index contributed by atoms with van der Waals surface area (Å²) in [6.45, 7) is 0.586. The first-order valence-electron chi connectivity index (χ1n) is 13.8. The summed E-state index contributed by atoms with van der Waals surface area (Å²) >= 11 is 0. The minimum absolute atomic E-state index is 0.0442. The lowest BCUT2D eigenvalue weighted by Gasteiger charge is -2.25. The van der Waals surface area contributed by atoms with Crippen LogP contribution in [-0.2, 0) is 32.0 Å². The molecule has 0 radical (unpaired) electrons. The van der Waals surface area contributed by atoms with Gasteiger partial charge in [0.25, 0.3) is 0 Å². The molecule has 0 aliphatic carbocycles. The van der Waals surface area contributed by atoms with E-state index in [0.717, 1.165) is 0 Å². The Kier molecular flexibility index (Phi) is 14.5. The van der Waals surface area contributed by atoms with Gasteiger partial charge in [-0.3, -0.25) is 19.4 Å². The molecule has 13 N–H and O–H groups in total. The minimum atomic E-state index is -1.24. The summed E-state index contributed by atoms with van der Waals surface area (Å²) in [6, 6.07) is 4.50. The number of unbranched alkanes of at least 4 members (excludes halogenated alkanes) is 1. The Bertz CT molecular complexity index is 1160. The van der Waals surface area contributed by atoms with E-state index in [-0.39, 0.29) is 38.2 Å². The number of benzene rings is 1. The van der Waals surface area contributed by atoms with Gasteiger partial charge in [0, 0.05) is 31.3 Å². The molecule has 1 heterocycles. The Balaban J connectivity index is 2.16. The van der Waals surface area contributed by atoms with Crippen LogP contribution < -0.4 is 38.9 Å². The second-order valence-electron chi connectivity index (χ2n) is 9.83. The first kappa shape index (κ1) is 33.7. The van der Waals surface area contributed by atoms with Gasteiger partial charge in [-0.2, -0.15) is 0 Å². The number of aromatic nitrogens is 2. The molecule has 0 saturated carbocycles. The topological polar surface area (TPSA) is 270 Å². The van der Waals surface area contributed by atoms with E-state index in [2.05, 4.69) is 30.9 Å². The van der Waals surface area contributed by atoms with Crippen LogP contribution in [0.5, 0.6) is 0 Å². The number of nitrogens with one attached hydrogen (secondary N) is 4. The van der Waals surface area contributed by atoms with Crippen molar-refractivity contribution in [3.63, 3.8) is 0 Å². The highest BCUT2D eigenvalue weighted by Gasteiger charge is 2.30. The summed E-state index contributed by atoms with van der Waals surface area (Å²) in [4.78, 5) is 62.2. The third kappa shape index (κ3) is 12.3. The van der Waals surface area contributed by atoms with Crippen molar-refractivity contribution in [1.82, 2.24) is 25.9 Å². The van der Waals surface area contributed by atoms with Crippen LogP contribution in [0.1, 0.15) is 43.4 Å². The van der Waals surface area contributed by atoms with Gasteiger partial charge < -0.3 is 49.0 Å². The number of guanidine groups is 1. The number of nitrogens with two attached hydrogens (primary N) is 4. The Morgan fingerprint density at radius 2 is 1.50 bits per heavy atom. The normalized spacial score (nSPS) is 13.7. The lowest BCUT2D eigenvalue weighted by molar-refractivity contribution is -0.142. The van der Waals surface area contributed by atoms with E-state index in [1.807, 2.05) is 0 Å². The second-order valence-corrected chi connectivity index (χ2v) is 9.83. The van der Waals surface area contributed by atoms with Gasteiger partial charge in [0.15, 0.2) is 5.96 Å². The summed E-state index contributed by atoms with van der Waals surface area (Å²) in [5.74, 6) is -3.22. The number of amides is 3. The average Bonchev–Trinajstić information content (AvgIpc) is 3.47. The number of hydrogen-bond acceptors (Lipinski definition) is 8. The fraction of sp³-hybridized carbons (Fsp3) is 0.481.